The van der Waals surface area contributed by atoms with Gasteiger partial charge in [-0.2, -0.15) is 0 Å². The molecule has 1 atom stereocenters. The quantitative estimate of drug-likeness (QED) is 0.644. The zero-order valence-corrected chi connectivity index (χ0v) is 13.1. The summed E-state index contributed by atoms with van der Waals surface area (Å²) in [6, 6.07) is 5.69. The number of fused-ring (bicyclic) bond motifs is 1. The number of carbonyl (C=O) groups is 2. The third-order valence-electron chi connectivity index (χ3n) is 3.23. The van der Waals surface area contributed by atoms with E-state index >= 15 is 0 Å². The van der Waals surface area contributed by atoms with E-state index in [1.165, 1.54) is 0 Å². The molecule has 124 valence electrons. The second-order valence-electron chi connectivity index (χ2n) is 4.90. The highest BCUT2D eigenvalue weighted by molar-refractivity contribution is 6.31. The largest absolute Gasteiger partial charge is 0.478 e. The Hall–Kier alpha value is -2.48. The van der Waals surface area contributed by atoms with Crippen LogP contribution in [-0.4, -0.2) is 60.8 Å². The number of benzene rings is 1. The van der Waals surface area contributed by atoms with Gasteiger partial charge in [0, 0.05) is 18.6 Å². The molecule has 0 amide bonds. The van der Waals surface area contributed by atoms with Crippen LogP contribution in [0.25, 0.3) is 0 Å². The van der Waals surface area contributed by atoms with E-state index in [4.69, 9.17) is 36.1 Å². The first kappa shape index (κ1) is 16.9. The van der Waals surface area contributed by atoms with Crippen molar-refractivity contribution in [3.05, 3.63) is 23.2 Å². The van der Waals surface area contributed by atoms with Crippen molar-refractivity contribution in [3.8, 4) is 5.75 Å². The lowest BCUT2D eigenvalue weighted by atomic mass is 10.2. The standard InChI is InChI=1S/C12H14ClN3O.C2H2O4/c1-16-7-11(12-14-4-5-15-12)17-10-3-2-8(13)6-9(10)16;3-1(4)2(5)6/h2-3,6,11H,4-5,7H2,1H3,(H,14,15);(H,3,4)(H,5,6). The van der Waals surface area contributed by atoms with Crippen LogP contribution < -0.4 is 15.0 Å². The number of amidine groups is 1. The van der Waals surface area contributed by atoms with Crippen LogP contribution in [0.4, 0.5) is 5.69 Å². The molecule has 3 rings (SSSR count). The van der Waals surface area contributed by atoms with Gasteiger partial charge in [0.15, 0.2) is 6.10 Å². The van der Waals surface area contributed by atoms with Crippen molar-refractivity contribution in [2.45, 2.75) is 6.10 Å². The minimum absolute atomic E-state index is 0.00354. The molecule has 0 aliphatic carbocycles. The van der Waals surface area contributed by atoms with Crippen molar-refractivity contribution >= 4 is 35.1 Å². The van der Waals surface area contributed by atoms with Gasteiger partial charge in [-0.05, 0) is 18.2 Å². The van der Waals surface area contributed by atoms with Gasteiger partial charge in [-0.15, -0.1) is 0 Å². The van der Waals surface area contributed by atoms with E-state index in [9.17, 15) is 0 Å². The zero-order valence-electron chi connectivity index (χ0n) is 12.3. The van der Waals surface area contributed by atoms with Crippen LogP contribution in [0.15, 0.2) is 23.2 Å². The molecule has 8 nitrogen and oxygen atoms in total. The molecule has 2 aliphatic rings. The van der Waals surface area contributed by atoms with Crippen LogP contribution in [0.2, 0.25) is 5.02 Å². The van der Waals surface area contributed by atoms with E-state index in [1.54, 1.807) is 0 Å². The Labute approximate surface area is 137 Å². The first-order valence-electron chi connectivity index (χ1n) is 6.80. The molecule has 0 saturated heterocycles. The Morgan fingerprint density at radius 2 is 2.09 bits per heavy atom. The van der Waals surface area contributed by atoms with Crippen molar-refractivity contribution in [1.82, 2.24) is 5.32 Å². The first-order valence-corrected chi connectivity index (χ1v) is 7.18. The molecular formula is C14H16ClN3O5. The number of halogens is 1. The van der Waals surface area contributed by atoms with Crippen molar-refractivity contribution in [3.63, 3.8) is 0 Å². The molecule has 2 aliphatic heterocycles. The lowest BCUT2D eigenvalue weighted by Gasteiger charge is -2.33. The van der Waals surface area contributed by atoms with Crippen molar-refractivity contribution < 1.29 is 24.5 Å². The number of carboxylic acids is 2. The van der Waals surface area contributed by atoms with Gasteiger partial charge in [0.25, 0.3) is 0 Å². The maximum Gasteiger partial charge on any atom is 0.414 e. The molecule has 9 heteroatoms. The third-order valence-corrected chi connectivity index (χ3v) is 3.46. The van der Waals surface area contributed by atoms with Crippen LogP contribution in [-0.2, 0) is 9.59 Å². The van der Waals surface area contributed by atoms with E-state index in [1.807, 2.05) is 25.2 Å². The lowest BCUT2D eigenvalue weighted by Crippen LogP contribution is -2.46. The number of hydrogen-bond acceptors (Lipinski definition) is 6. The van der Waals surface area contributed by atoms with Crippen LogP contribution in [0.3, 0.4) is 0 Å². The molecule has 2 heterocycles. The monoisotopic (exact) mass is 341 g/mol. The van der Waals surface area contributed by atoms with E-state index in [0.717, 1.165) is 41.9 Å². The van der Waals surface area contributed by atoms with E-state index < -0.39 is 11.9 Å². The molecule has 1 aromatic carbocycles. The van der Waals surface area contributed by atoms with Crippen LogP contribution in [0.1, 0.15) is 0 Å². The van der Waals surface area contributed by atoms with Crippen LogP contribution >= 0.6 is 11.6 Å². The smallest absolute Gasteiger partial charge is 0.414 e. The highest BCUT2D eigenvalue weighted by atomic mass is 35.5. The molecule has 0 radical (unpaired) electrons. The van der Waals surface area contributed by atoms with E-state index in [0.29, 0.717) is 0 Å². The minimum atomic E-state index is -1.82. The maximum absolute atomic E-state index is 9.10. The fourth-order valence-corrected chi connectivity index (χ4v) is 2.37. The summed E-state index contributed by atoms with van der Waals surface area (Å²) in [4.78, 5) is 24.8. The summed E-state index contributed by atoms with van der Waals surface area (Å²) in [7, 11) is 2.04. The normalized spacial score (nSPS) is 18.6. The molecule has 0 saturated carbocycles. The van der Waals surface area contributed by atoms with Crippen molar-refractivity contribution in [2.24, 2.45) is 4.99 Å². The number of hydrogen-bond donors (Lipinski definition) is 3. The lowest BCUT2D eigenvalue weighted by molar-refractivity contribution is -0.159. The Kier molecular flexibility index (Phi) is 5.28. The van der Waals surface area contributed by atoms with E-state index in [-0.39, 0.29) is 6.10 Å². The minimum Gasteiger partial charge on any atom is -0.478 e. The van der Waals surface area contributed by atoms with Gasteiger partial charge < -0.3 is 25.2 Å². The van der Waals surface area contributed by atoms with Crippen LogP contribution in [0, 0.1) is 0 Å². The van der Waals surface area contributed by atoms with E-state index in [2.05, 4.69) is 15.2 Å². The number of aliphatic imine (C=N–C) groups is 1. The number of ether oxygens (including phenoxy) is 1. The van der Waals surface area contributed by atoms with Gasteiger partial charge >= 0.3 is 11.9 Å². The number of rotatable bonds is 1. The summed E-state index contributed by atoms with van der Waals surface area (Å²) in [6.07, 6.45) is -0.00354. The highest BCUT2D eigenvalue weighted by Crippen LogP contribution is 2.34. The second-order valence-corrected chi connectivity index (χ2v) is 5.34. The molecule has 0 bridgehead atoms. The maximum atomic E-state index is 9.10. The Balaban J connectivity index is 0.000000277. The average molecular weight is 342 g/mol. The number of aliphatic carboxylic acids is 2. The zero-order chi connectivity index (χ0) is 17.0. The van der Waals surface area contributed by atoms with Gasteiger partial charge in [0.1, 0.15) is 11.6 Å². The summed E-state index contributed by atoms with van der Waals surface area (Å²) in [5, 5.41) is 18.8. The van der Waals surface area contributed by atoms with Gasteiger partial charge in [-0.25, -0.2) is 9.59 Å². The molecule has 0 spiro atoms. The third kappa shape index (κ3) is 4.26. The number of carboxylic acid groups (broad SMARTS) is 2. The molecule has 1 unspecified atom stereocenters. The molecule has 1 aromatic rings. The second kappa shape index (κ2) is 7.19. The Morgan fingerprint density at radius 3 is 2.65 bits per heavy atom. The SMILES string of the molecule is CN1CC(C2=NCCN2)Oc2ccc(Cl)cc21.O=C(O)C(=O)O. The summed E-state index contributed by atoms with van der Waals surface area (Å²) >= 11 is 5.99. The van der Waals surface area contributed by atoms with Gasteiger partial charge in [-0.1, -0.05) is 11.6 Å². The van der Waals surface area contributed by atoms with Crippen molar-refractivity contribution in [1.29, 1.82) is 0 Å². The van der Waals surface area contributed by atoms with Gasteiger partial charge in [0.05, 0.1) is 18.8 Å². The first-order chi connectivity index (χ1) is 10.9. The number of nitrogens with zero attached hydrogens (tertiary/aromatic N) is 2. The highest BCUT2D eigenvalue weighted by Gasteiger charge is 2.28. The fraction of sp³-hybridized carbons (Fsp3) is 0.357. The van der Waals surface area contributed by atoms with Gasteiger partial charge in [0.2, 0.25) is 0 Å². The fourth-order valence-electron chi connectivity index (χ4n) is 2.20. The summed E-state index contributed by atoms with van der Waals surface area (Å²) in [5.74, 6) is -1.83. The van der Waals surface area contributed by atoms with Crippen LogP contribution in [0.5, 0.6) is 5.75 Å². The molecule has 3 N–H and O–H groups in total. The molecule has 23 heavy (non-hydrogen) atoms. The topological polar surface area (TPSA) is 111 Å². The number of nitrogens with one attached hydrogen (secondary N) is 1. The molecular weight excluding hydrogens is 326 g/mol. The molecule has 0 fully saturated rings. The summed E-state index contributed by atoms with van der Waals surface area (Å²) < 4.78 is 5.95. The number of anilines is 1. The summed E-state index contributed by atoms with van der Waals surface area (Å²) in [6.45, 7) is 2.54. The van der Waals surface area contributed by atoms with Crippen molar-refractivity contribution in [2.75, 3.05) is 31.6 Å². The summed E-state index contributed by atoms with van der Waals surface area (Å²) in [5.41, 5.74) is 1.03. The number of likely N-dealkylation sites (N-methyl/N-ethyl adjacent to an activating group) is 1. The predicted octanol–water partition coefficient (Wildman–Crippen LogP) is 0.694. The molecule has 0 aromatic heterocycles. The van der Waals surface area contributed by atoms with Gasteiger partial charge in [-0.3, -0.25) is 4.99 Å². The Bertz CT molecular complexity index is 637. The Morgan fingerprint density at radius 1 is 1.39 bits per heavy atom. The predicted molar refractivity (Wildman–Crippen MR) is 84.7 cm³/mol. The average Bonchev–Trinajstić information content (AvgIpc) is 3.02.